The highest BCUT2D eigenvalue weighted by molar-refractivity contribution is 7.12. The lowest BCUT2D eigenvalue weighted by Gasteiger charge is -2.27. The van der Waals surface area contributed by atoms with Crippen LogP contribution in [0, 0.1) is 0 Å². The Bertz CT molecular complexity index is 452. The fraction of sp³-hybridized carbons (Fsp3) is 0.538. The first kappa shape index (κ1) is 14.0. The van der Waals surface area contributed by atoms with Gasteiger partial charge in [0, 0.05) is 26.2 Å². The van der Waals surface area contributed by atoms with Gasteiger partial charge in [-0.2, -0.15) is 0 Å². The molecule has 19 heavy (non-hydrogen) atoms. The zero-order valence-corrected chi connectivity index (χ0v) is 11.9. The molecule has 2 rings (SSSR count). The van der Waals surface area contributed by atoms with Crippen LogP contribution >= 0.6 is 11.3 Å². The highest BCUT2D eigenvalue weighted by Gasteiger charge is 2.18. The second-order valence-corrected chi connectivity index (χ2v) is 5.36. The molecule has 2 heterocycles. The summed E-state index contributed by atoms with van der Waals surface area (Å²) in [7, 11) is 0. The van der Waals surface area contributed by atoms with Crippen LogP contribution in [0.3, 0.4) is 0 Å². The maximum absolute atomic E-state index is 12.0. The van der Waals surface area contributed by atoms with Gasteiger partial charge in [-0.05, 0) is 23.4 Å². The Hall–Kier alpha value is -1.40. The van der Waals surface area contributed by atoms with Crippen molar-refractivity contribution in [3.05, 3.63) is 21.9 Å². The maximum Gasteiger partial charge on any atom is 0.262 e. The third-order valence-corrected chi connectivity index (χ3v) is 4.16. The Balaban J connectivity index is 1.84. The molecule has 1 aliphatic heterocycles. The van der Waals surface area contributed by atoms with Crippen LogP contribution in [0.1, 0.15) is 22.2 Å². The van der Waals surface area contributed by atoms with Crippen molar-refractivity contribution >= 4 is 23.2 Å². The van der Waals surface area contributed by atoms with Crippen molar-refractivity contribution in [1.29, 1.82) is 0 Å². The second-order valence-electron chi connectivity index (χ2n) is 4.44. The van der Waals surface area contributed by atoms with Gasteiger partial charge in [-0.1, -0.05) is 6.92 Å². The molecule has 1 saturated heterocycles. The zero-order valence-electron chi connectivity index (χ0n) is 11.1. The summed E-state index contributed by atoms with van der Waals surface area (Å²) < 4.78 is 0. The van der Waals surface area contributed by atoms with Crippen LogP contribution in [0.25, 0.3) is 0 Å². The summed E-state index contributed by atoms with van der Waals surface area (Å²) in [4.78, 5) is 26.4. The van der Waals surface area contributed by atoms with Crippen molar-refractivity contribution in [2.45, 2.75) is 13.3 Å². The van der Waals surface area contributed by atoms with E-state index in [1.165, 1.54) is 11.3 Å². The third-order valence-electron chi connectivity index (χ3n) is 3.20. The zero-order chi connectivity index (χ0) is 13.7. The molecule has 1 aliphatic rings. The fourth-order valence-electron chi connectivity index (χ4n) is 2.08. The summed E-state index contributed by atoms with van der Waals surface area (Å²) in [5.41, 5.74) is 1.04. The number of nitrogens with zero attached hydrogens (tertiary/aromatic N) is 1. The molecule has 0 atom stereocenters. The van der Waals surface area contributed by atoms with E-state index in [0.717, 1.165) is 30.0 Å². The number of thiophene rings is 1. The van der Waals surface area contributed by atoms with Crippen molar-refractivity contribution in [2.24, 2.45) is 0 Å². The van der Waals surface area contributed by atoms with Crippen molar-refractivity contribution in [1.82, 2.24) is 15.5 Å². The Morgan fingerprint density at radius 3 is 2.84 bits per heavy atom. The number of piperazine rings is 1. The van der Waals surface area contributed by atoms with Gasteiger partial charge >= 0.3 is 0 Å². The first-order chi connectivity index (χ1) is 9.22. The van der Waals surface area contributed by atoms with Crippen LogP contribution in [-0.2, 0) is 11.2 Å². The minimum absolute atomic E-state index is 0.00976. The number of hydrogen-bond acceptors (Lipinski definition) is 4. The first-order valence-corrected chi connectivity index (χ1v) is 7.43. The van der Waals surface area contributed by atoms with E-state index in [-0.39, 0.29) is 18.4 Å². The van der Waals surface area contributed by atoms with Crippen LogP contribution < -0.4 is 10.6 Å². The molecule has 1 aromatic heterocycles. The lowest BCUT2D eigenvalue weighted by molar-refractivity contribution is -0.130. The van der Waals surface area contributed by atoms with Gasteiger partial charge in [0.15, 0.2) is 0 Å². The highest BCUT2D eigenvalue weighted by Crippen LogP contribution is 2.16. The van der Waals surface area contributed by atoms with Gasteiger partial charge in [-0.25, -0.2) is 0 Å². The van der Waals surface area contributed by atoms with Gasteiger partial charge in [0.2, 0.25) is 5.91 Å². The van der Waals surface area contributed by atoms with Crippen molar-refractivity contribution in [3.8, 4) is 0 Å². The monoisotopic (exact) mass is 281 g/mol. The minimum Gasteiger partial charge on any atom is -0.342 e. The Labute approximate surface area is 117 Å². The van der Waals surface area contributed by atoms with Gasteiger partial charge in [-0.15, -0.1) is 11.3 Å². The SMILES string of the molecule is CCc1ccsc1C(=O)NCC(=O)N1CCNCC1. The molecule has 0 radical (unpaired) electrons. The van der Waals surface area contributed by atoms with E-state index >= 15 is 0 Å². The Morgan fingerprint density at radius 2 is 2.16 bits per heavy atom. The lowest BCUT2D eigenvalue weighted by Crippen LogP contribution is -2.49. The quantitative estimate of drug-likeness (QED) is 0.843. The molecule has 1 aromatic rings. The molecule has 0 spiro atoms. The standard InChI is InChI=1S/C13H19N3O2S/c1-2-10-3-8-19-12(10)13(18)15-9-11(17)16-6-4-14-5-7-16/h3,8,14H,2,4-7,9H2,1H3,(H,15,18). The molecule has 0 saturated carbocycles. The van der Waals surface area contributed by atoms with Crippen LogP contribution in [0.15, 0.2) is 11.4 Å². The molecule has 2 N–H and O–H groups in total. The topological polar surface area (TPSA) is 61.4 Å². The summed E-state index contributed by atoms with van der Waals surface area (Å²) in [6.45, 7) is 5.18. The first-order valence-electron chi connectivity index (χ1n) is 6.55. The molecule has 0 aliphatic carbocycles. The molecule has 1 fully saturated rings. The van der Waals surface area contributed by atoms with Gasteiger partial charge in [0.25, 0.3) is 5.91 Å². The van der Waals surface area contributed by atoms with Gasteiger partial charge in [-0.3, -0.25) is 9.59 Å². The average molecular weight is 281 g/mol. The highest BCUT2D eigenvalue weighted by atomic mass is 32.1. The van der Waals surface area contributed by atoms with E-state index in [0.29, 0.717) is 13.1 Å². The average Bonchev–Trinajstić information content (AvgIpc) is 2.93. The number of carbonyl (C=O) groups excluding carboxylic acids is 2. The number of carbonyl (C=O) groups is 2. The van der Waals surface area contributed by atoms with E-state index in [2.05, 4.69) is 10.6 Å². The van der Waals surface area contributed by atoms with Crippen LogP contribution in [0.4, 0.5) is 0 Å². The molecule has 0 aromatic carbocycles. The molecular formula is C13H19N3O2S. The van der Waals surface area contributed by atoms with Crippen molar-refractivity contribution in [3.63, 3.8) is 0 Å². The lowest BCUT2D eigenvalue weighted by atomic mass is 10.2. The van der Waals surface area contributed by atoms with Crippen LogP contribution in [0.2, 0.25) is 0 Å². The summed E-state index contributed by atoms with van der Waals surface area (Å²) in [5.74, 6) is -0.153. The number of nitrogens with one attached hydrogen (secondary N) is 2. The number of amides is 2. The third kappa shape index (κ3) is 3.54. The molecule has 2 amide bonds. The van der Waals surface area contributed by atoms with E-state index in [9.17, 15) is 9.59 Å². The number of aryl methyl sites for hydroxylation is 1. The van der Waals surface area contributed by atoms with E-state index in [4.69, 9.17) is 0 Å². The Kier molecular flexibility index (Phi) is 4.93. The van der Waals surface area contributed by atoms with Crippen molar-refractivity contribution in [2.75, 3.05) is 32.7 Å². The fourth-order valence-corrected chi connectivity index (χ4v) is 2.99. The van der Waals surface area contributed by atoms with E-state index in [1.807, 2.05) is 18.4 Å². The molecule has 0 unspecified atom stereocenters. The van der Waals surface area contributed by atoms with Crippen LogP contribution in [-0.4, -0.2) is 49.4 Å². The molecule has 104 valence electrons. The molecule has 0 bridgehead atoms. The molecule has 5 nitrogen and oxygen atoms in total. The predicted molar refractivity (Wildman–Crippen MR) is 75.5 cm³/mol. The summed E-state index contributed by atoms with van der Waals surface area (Å²) >= 11 is 1.42. The number of rotatable bonds is 4. The number of hydrogen-bond donors (Lipinski definition) is 2. The largest absolute Gasteiger partial charge is 0.342 e. The predicted octanol–water partition coefficient (Wildman–Crippen LogP) is 0.472. The van der Waals surface area contributed by atoms with Crippen molar-refractivity contribution < 1.29 is 9.59 Å². The second kappa shape index (κ2) is 6.68. The van der Waals surface area contributed by atoms with Crippen LogP contribution in [0.5, 0.6) is 0 Å². The van der Waals surface area contributed by atoms with Gasteiger partial charge < -0.3 is 15.5 Å². The van der Waals surface area contributed by atoms with Gasteiger partial charge in [0.05, 0.1) is 11.4 Å². The summed E-state index contributed by atoms with van der Waals surface area (Å²) in [5, 5.41) is 7.82. The molecular weight excluding hydrogens is 262 g/mol. The minimum atomic E-state index is -0.143. The maximum atomic E-state index is 12.0. The van der Waals surface area contributed by atoms with E-state index < -0.39 is 0 Å². The smallest absolute Gasteiger partial charge is 0.262 e. The Morgan fingerprint density at radius 1 is 1.42 bits per heavy atom. The normalized spacial score (nSPS) is 15.3. The summed E-state index contributed by atoms with van der Waals surface area (Å²) in [6, 6.07) is 1.96. The van der Waals surface area contributed by atoms with E-state index in [1.54, 1.807) is 4.90 Å². The molecule has 6 heteroatoms. The van der Waals surface area contributed by atoms with Gasteiger partial charge in [0.1, 0.15) is 0 Å². The summed E-state index contributed by atoms with van der Waals surface area (Å²) in [6.07, 6.45) is 0.831.